The van der Waals surface area contributed by atoms with Crippen LogP contribution in [0.4, 0.5) is 5.69 Å². The number of anilines is 1. The van der Waals surface area contributed by atoms with Crippen LogP contribution in [-0.2, 0) is 0 Å². The highest BCUT2D eigenvalue weighted by Crippen LogP contribution is 2.17. The third-order valence-electron chi connectivity index (χ3n) is 3.19. The maximum absolute atomic E-state index is 11.5. The fourth-order valence-corrected chi connectivity index (χ4v) is 2.37. The summed E-state index contributed by atoms with van der Waals surface area (Å²) < 4.78 is 0. The number of halogens is 1. The minimum atomic E-state index is 0.0984. The number of nitrogens with one attached hydrogen (secondary N) is 1. The molecule has 0 aliphatic rings. The van der Waals surface area contributed by atoms with Crippen LogP contribution in [0.3, 0.4) is 0 Å². The lowest BCUT2D eigenvalue weighted by Crippen LogP contribution is -2.08. The lowest BCUT2D eigenvalue weighted by molar-refractivity contribution is 0.101. The molecular weight excluding hydrogens is 258 g/mol. The van der Waals surface area contributed by atoms with Crippen LogP contribution in [0.2, 0.25) is 0 Å². The monoisotopic (exact) mass is 281 g/mol. The average molecular weight is 282 g/mol. The third-order valence-corrected chi connectivity index (χ3v) is 3.62. The van der Waals surface area contributed by atoms with Gasteiger partial charge in [0.1, 0.15) is 0 Å². The fraction of sp³-hybridized carbons (Fsp3) is 0.562. The van der Waals surface area contributed by atoms with Gasteiger partial charge in [0.15, 0.2) is 5.78 Å². The minimum Gasteiger partial charge on any atom is -0.384 e. The van der Waals surface area contributed by atoms with Crippen molar-refractivity contribution >= 4 is 23.1 Å². The van der Waals surface area contributed by atoms with Crippen LogP contribution < -0.4 is 5.32 Å². The topological polar surface area (TPSA) is 29.1 Å². The number of para-hydroxylation sites is 1. The predicted octanol–water partition coefficient (Wildman–Crippen LogP) is 4.88. The number of hydrogen-bond acceptors (Lipinski definition) is 2. The molecule has 2 nitrogen and oxygen atoms in total. The first kappa shape index (κ1) is 16.0. The number of rotatable bonds is 9. The van der Waals surface area contributed by atoms with E-state index in [2.05, 4.69) is 12.2 Å². The molecule has 0 radical (unpaired) electrons. The number of Topliss-reactive ketones (excluding diaryl/α,β-unsaturated/α-hetero) is 1. The Morgan fingerprint density at radius 3 is 2.63 bits per heavy atom. The van der Waals surface area contributed by atoms with E-state index < -0.39 is 0 Å². The van der Waals surface area contributed by atoms with Crippen LogP contribution in [0, 0.1) is 0 Å². The van der Waals surface area contributed by atoms with Gasteiger partial charge in [-0.2, -0.15) is 0 Å². The number of alkyl halides is 1. The molecule has 0 amide bonds. The first-order chi connectivity index (χ1) is 9.15. The van der Waals surface area contributed by atoms with Crippen molar-refractivity contribution in [3.8, 4) is 0 Å². The van der Waals surface area contributed by atoms with Gasteiger partial charge in [0.2, 0.25) is 0 Å². The molecule has 0 saturated carbocycles. The zero-order valence-electron chi connectivity index (χ0n) is 11.9. The standard InChI is InChI=1S/C16H24ClNO/c1-3-4-8-14(17)9-7-12-18-16-11-6-5-10-15(16)13(2)19/h5-6,10-11,14,18H,3-4,7-9,12H2,1-2H3. The highest BCUT2D eigenvalue weighted by molar-refractivity contribution is 6.20. The lowest BCUT2D eigenvalue weighted by atomic mass is 10.1. The minimum absolute atomic E-state index is 0.0984. The lowest BCUT2D eigenvalue weighted by Gasteiger charge is -2.12. The quantitative estimate of drug-likeness (QED) is 0.397. The van der Waals surface area contributed by atoms with Crippen molar-refractivity contribution in [2.75, 3.05) is 11.9 Å². The van der Waals surface area contributed by atoms with Gasteiger partial charge in [0.25, 0.3) is 0 Å². The molecule has 1 aromatic carbocycles. The highest BCUT2D eigenvalue weighted by Gasteiger charge is 2.06. The Labute approximate surface area is 121 Å². The van der Waals surface area contributed by atoms with Gasteiger partial charge in [-0.05, 0) is 38.3 Å². The van der Waals surface area contributed by atoms with Gasteiger partial charge in [-0.1, -0.05) is 31.9 Å². The number of carbonyl (C=O) groups excluding carboxylic acids is 1. The van der Waals surface area contributed by atoms with Crippen molar-refractivity contribution in [3.05, 3.63) is 29.8 Å². The summed E-state index contributed by atoms with van der Waals surface area (Å²) in [6.07, 6.45) is 5.56. The maximum Gasteiger partial charge on any atom is 0.161 e. The molecule has 3 heteroatoms. The maximum atomic E-state index is 11.5. The molecular formula is C16H24ClNO. The van der Waals surface area contributed by atoms with Crippen molar-refractivity contribution in [1.82, 2.24) is 0 Å². The van der Waals surface area contributed by atoms with E-state index in [4.69, 9.17) is 11.6 Å². The molecule has 0 saturated heterocycles. The fourth-order valence-electron chi connectivity index (χ4n) is 2.06. The van der Waals surface area contributed by atoms with E-state index in [1.807, 2.05) is 24.3 Å². The van der Waals surface area contributed by atoms with Gasteiger partial charge in [-0.25, -0.2) is 0 Å². The Hall–Kier alpha value is -1.02. The van der Waals surface area contributed by atoms with Gasteiger partial charge >= 0.3 is 0 Å². The summed E-state index contributed by atoms with van der Waals surface area (Å²) in [5, 5.41) is 3.61. The smallest absolute Gasteiger partial charge is 0.161 e. The molecule has 1 atom stereocenters. The summed E-state index contributed by atoms with van der Waals surface area (Å²) in [5.41, 5.74) is 1.69. The summed E-state index contributed by atoms with van der Waals surface area (Å²) in [4.78, 5) is 11.5. The molecule has 1 N–H and O–H groups in total. The zero-order valence-corrected chi connectivity index (χ0v) is 12.7. The number of benzene rings is 1. The van der Waals surface area contributed by atoms with Gasteiger partial charge in [0, 0.05) is 23.2 Å². The Kier molecular flexibility index (Phi) is 7.57. The van der Waals surface area contributed by atoms with E-state index in [1.165, 1.54) is 12.8 Å². The Bertz CT molecular complexity index is 392. The Morgan fingerprint density at radius 2 is 1.95 bits per heavy atom. The van der Waals surface area contributed by atoms with Gasteiger partial charge in [-0.15, -0.1) is 11.6 Å². The SMILES string of the molecule is CCCCC(Cl)CCCNc1ccccc1C(C)=O. The molecule has 0 bridgehead atoms. The van der Waals surface area contributed by atoms with E-state index in [9.17, 15) is 4.79 Å². The molecule has 0 aliphatic heterocycles. The molecule has 0 aromatic heterocycles. The summed E-state index contributed by atoms with van der Waals surface area (Å²) in [5.74, 6) is 0.0984. The van der Waals surface area contributed by atoms with Crippen LogP contribution in [0.25, 0.3) is 0 Å². The molecule has 0 aliphatic carbocycles. The largest absolute Gasteiger partial charge is 0.384 e. The first-order valence-corrected chi connectivity index (χ1v) is 7.56. The van der Waals surface area contributed by atoms with Crippen molar-refractivity contribution < 1.29 is 4.79 Å². The summed E-state index contributed by atoms with van der Waals surface area (Å²) >= 11 is 6.24. The molecule has 106 valence electrons. The van der Waals surface area contributed by atoms with Crippen molar-refractivity contribution in [3.63, 3.8) is 0 Å². The van der Waals surface area contributed by atoms with E-state index >= 15 is 0 Å². The van der Waals surface area contributed by atoms with Gasteiger partial charge < -0.3 is 5.32 Å². The average Bonchev–Trinajstić information content (AvgIpc) is 2.41. The van der Waals surface area contributed by atoms with Crippen LogP contribution >= 0.6 is 11.6 Å². The highest BCUT2D eigenvalue weighted by atomic mass is 35.5. The second-order valence-electron chi connectivity index (χ2n) is 4.91. The van der Waals surface area contributed by atoms with Crippen LogP contribution in [0.5, 0.6) is 0 Å². The second kappa shape index (κ2) is 8.98. The molecule has 19 heavy (non-hydrogen) atoms. The molecule has 0 fully saturated rings. The van der Waals surface area contributed by atoms with E-state index in [-0.39, 0.29) is 11.2 Å². The Morgan fingerprint density at radius 1 is 1.26 bits per heavy atom. The summed E-state index contributed by atoms with van der Waals surface area (Å²) in [7, 11) is 0. The van der Waals surface area contributed by atoms with Crippen molar-refractivity contribution in [2.45, 2.75) is 51.3 Å². The molecule has 1 unspecified atom stereocenters. The first-order valence-electron chi connectivity index (χ1n) is 7.13. The van der Waals surface area contributed by atoms with Crippen LogP contribution in [0.1, 0.15) is 56.3 Å². The van der Waals surface area contributed by atoms with E-state index in [0.717, 1.165) is 37.1 Å². The van der Waals surface area contributed by atoms with Gasteiger partial charge in [-0.3, -0.25) is 4.79 Å². The summed E-state index contributed by atoms with van der Waals surface area (Å²) in [6.45, 7) is 4.64. The third kappa shape index (κ3) is 6.11. The molecule has 0 heterocycles. The molecule has 0 spiro atoms. The number of carbonyl (C=O) groups is 1. The second-order valence-corrected chi connectivity index (χ2v) is 5.53. The van der Waals surface area contributed by atoms with Crippen molar-refractivity contribution in [2.24, 2.45) is 0 Å². The predicted molar refractivity (Wildman–Crippen MR) is 83.3 cm³/mol. The van der Waals surface area contributed by atoms with Crippen LogP contribution in [-0.4, -0.2) is 17.7 Å². The number of hydrogen-bond donors (Lipinski definition) is 1. The van der Waals surface area contributed by atoms with E-state index in [1.54, 1.807) is 6.92 Å². The zero-order chi connectivity index (χ0) is 14.1. The summed E-state index contributed by atoms with van der Waals surface area (Å²) in [6, 6.07) is 7.64. The van der Waals surface area contributed by atoms with Gasteiger partial charge in [0.05, 0.1) is 0 Å². The normalized spacial score (nSPS) is 12.2. The Balaban J connectivity index is 2.31. The van der Waals surface area contributed by atoms with E-state index in [0.29, 0.717) is 0 Å². The number of ketones is 1. The van der Waals surface area contributed by atoms with Crippen LogP contribution in [0.15, 0.2) is 24.3 Å². The molecule has 1 aromatic rings. The molecule has 1 rings (SSSR count). The number of unbranched alkanes of at least 4 members (excludes halogenated alkanes) is 1. The van der Waals surface area contributed by atoms with Crippen molar-refractivity contribution in [1.29, 1.82) is 0 Å².